The summed E-state index contributed by atoms with van der Waals surface area (Å²) in [7, 11) is 0. The van der Waals surface area contributed by atoms with E-state index in [-0.39, 0.29) is 42.4 Å². The number of halogens is 2. The molecule has 24 heavy (non-hydrogen) atoms. The van der Waals surface area contributed by atoms with Gasteiger partial charge in [0.2, 0.25) is 11.8 Å². The highest BCUT2D eigenvalue weighted by molar-refractivity contribution is 6.30. The summed E-state index contributed by atoms with van der Waals surface area (Å²) in [4.78, 5) is 38.4. The van der Waals surface area contributed by atoms with Crippen molar-refractivity contribution in [3.63, 3.8) is 0 Å². The molecule has 0 spiro atoms. The summed E-state index contributed by atoms with van der Waals surface area (Å²) in [5, 5.41) is 8.92. The molecule has 0 aromatic heterocycles. The predicted molar refractivity (Wildman–Crippen MR) is 84.2 cm³/mol. The highest BCUT2D eigenvalue weighted by atomic mass is 35.5. The number of nitrogens with zero attached hydrogens (tertiary/aromatic N) is 2. The predicted octanol–water partition coefficient (Wildman–Crippen LogP) is 1.91. The number of carbonyl (C=O) groups is 3. The maximum Gasteiger partial charge on any atom is 0.323 e. The van der Waals surface area contributed by atoms with Crippen molar-refractivity contribution < 1.29 is 23.9 Å². The van der Waals surface area contributed by atoms with Crippen LogP contribution in [0.3, 0.4) is 0 Å². The smallest absolute Gasteiger partial charge is 0.323 e. The van der Waals surface area contributed by atoms with Gasteiger partial charge in [0.15, 0.2) is 0 Å². The Balaban J connectivity index is 1.74. The van der Waals surface area contributed by atoms with Gasteiger partial charge < -0.3 is 14.9 Å². The zero-order valence-electron chi connectivity index (χ0n) is 12.7. The molecule has 2 fully saturated rings. The van der Waals surface area contributed by atoms with Crippen LogP contribution in [0.5, 0.6) is 0 Å². The molecule has 128 valence electrons. The third kappa shape index (κ3) is 3.36. The summed E-state index contributed by atoms with van der Waals surface area (Å²) in [6.07, 6.45) is 1.56. The van der Waals surface area contributed by atoms with Gasteiger partial charge in [0.1, 0.15) is 12.4 Å². The maximum absolute atomic E-state index is 13.6. The molecule has 1 atom stereocenters. The van der Waals surface area contributed by atoms with Gasteiger partial charge in [0.25, 0.3) is 0 Å². The van der Waals surface area contributed by atoms with Crippen molar-refractivity contribution in [3.05, 3.63) is 29.0 Å². The monoisotopic (exact) mass is 354 g/mol. The van der Waals surface area contributed by atoms with Crippen LogP contribution in [0.4, 0.5) is 10.1 Å². The number of anilines is 1. The molecule has 2 amide bonds. The van der Waals surface area contributed by atoms with Gasteiger partial charge in [-0.3, -0.25) is 14.4 Å². The third-order valence-electron chi connectivity index (χ3n) is 4.27. The molecule has 1 N–H and O–H groups in total. The summed E-state index contributed by atoms with van der Waals surface area (Å²) < 4.78 is 13.6. The molecule has 1 aromatic carbocycles. The molecule has 1 saturated heterocycles. The van der Waals surface area contributed by atoms with Crippen molar-refractivity contribution in [1.82, 2.24) is 4.90 Å². The van der Waals surface area contributed by atoms with Crippen LogP contribution < -0.4 is 4.90 Å². The van der Waals surface area contributed by atoms with E-state index in [0.717, 1.165) is 18.9 Å². The van der Waals surface area contributed by atoms with Crippen LogP contribution in [0.15, 0.2) is 18.2 Å². The Bertz CT molecular complexity index is 707. The van der Waals surface area contributed by atoms with Gasteiger partial charge in [-0.25, -0.2) is 4.39 Å². The number of hydrogen-bond donors (Lipinski definition) is 1. The van der Waals surface area contributed by atoms with Crippen molar-refractivity contribution in [2.24, 2.45) is 5.92 Å². The van der Waals surface area contributed by atoms with Gasteiger partial charge in [-0.2, -0.15) is 0 Å². The average molecular weight is 355 g/mol. The summed E-state index contributed by atoms with van der Waals surface area (Å²) in [5.74, 6) is -2.94. The quantitative estimate of drug-likeness (QED) is 0.876. The molecule has 2 aliphatic rings. The molecule has 0 bridgehead atoms. The fourth-order valence-electron chi connectivity index (χ4n) is 2.93. The summed E-state index contributed by atoms with van der Waals surface area (Å²) in [6.45, 7) is -0.245. The number of carbonyl (C=O) groups excluding carboxylic acids is 2. The van der Waals surface area contributed by atoms with Crippen LogP contribution in [0, 0.1) is 11.7 Å². The molecule has 1 aromatic rings. The molecule has 1 heterocycles. The van der Waals surface area contributed by atoms with Crippen LogP contribution in [0.1, 0.15) is 19.3 Å². The number of rotatable bonds is 5. The SMILES string of the molecule is O=C(O)CN(C(=O)C1CC(=O)N(c2ccc(Cl)c(F)c2)C1)C1CC1. The Labute approximate surface area is 142 Å². The molecule has 1 saturated carbocycles. The van der Waals surface area contributed by atoms with E-state index in [2.05, 4.69) is 0 Å². The second kappa shape index (κ2) is 6.39. The van der Waals surface area contributed by atoms with E-state index in [9.17, 15) is 18.8 Å². The third-order valence-corrected chi connectivity index (χ3v) is 4.57. The highest BCUT2D eigenvalue weighted by Gasteiger charge is 2.42. The molecule has 6 nitrogen and oxygen atoms in total. The van der Waals surface area contributed by atoms with Gasteiger partial charge in [0, 0.05) is 24.7 Å². The Hall–Kier alpha value is -2.15. The molecule has 8 heteroatoms. The first-order valence-corrected chi connectivity index (χ1v) is 8.02. The minimum absolute atomic E-state index is 0.00802. The molecule has 0 radical (unpaired) electrons. The van der Waals surface area contributed by atoms with Crippen molar-refractivity contribution in [1.29, 1.82) is 0 Å². The van der Waals surface area contributed by atoms with E-state index in [1.54, 1.807) is 0 Å². The molecular weight excluding hydrogens is 339 g/mol. The van der Waals surface area contributed by atoms with Gasteiger partial charge in [-0.1, -0.05) is 11.6 Å². The van der Waals surface area contributed by atoms with Crippen LogP contribution >= 0.6 is 11.6 Å². The minimum Gasteiger partial charge on any atom is -0.480 e. The first kappa shape index (κ1) is 16.7. The van der Waals surface area contributed by atoms with E-state index in [1.807, 2.05) is 0 Å². The number of carboxylic acid groups (broad SMARTS) is 1. The number of benzene rings is 1. The minimum atomic E-state index is -1.07. The summed E-state index contributed by atoms with van der Waals surface area (Å²) >= 11 is 5.64. The summed E-state index contributed by atoms with van der Waals surface area (Å²) in [6, 6.07) is 3.98. The lowest BCUT2D eigenvalue weighted by Crippen LogP contribution is -2.42. The van der Waals surface area contributed by atoms with Crippen molar-refractivity contribution in [2.75, 3.05) is 18.0 Å². The molecule has 1 unspecified atom stereocenters. The fourth-order valence-corrected chi connectivity index (χ4v) is 3.05. The Morgan fingerprint density at radius 1 is 1.38 bits per heavy atom. The lowest BCUT2D eigenvalue weighted by molar-refractivity contribution is -0.146. The van der Waals surface area contributed by atoms with Crippen molar-refractivity contribution >= 4 is 35.1 Å². The van der Waals surface area contributed by atoms with Crippen LogP contribution in [0.25, 0.3) is 0 Å². The van der Waals surface area contributed by atoms with Crippen molar-refractivity contribution in [2.45, 2.75) is 25.3 Å². The Morgan fingerprint density at radius 2 is 2.08 bits per heavy atom. The van der Waals surface area contributed by atoms with Crippen LogP contribution in [0.2, 0.25) is 5.02 Å². The second-order valence-corrected chi connectivity index (χ2v) is 6.50. The Morgan fingerprint density at radius 3 is 2.67 bits per heavy atom. The highest BCUT2D eigenvalue weighted by Crippen LogP contribution is 2.32. The topological polar surface area (TPSA) is 77.9 Å². The number of aliphatic carboxylic acids is 1. The lowest BCUT2D eigenvalue weighted by atomic mass is 10.1. The van der Waals surface area contributed by atoms with Gasteiger partial charge >= 0.3 is 5.97 Å². The average Bonchev–Trinajstić information content (AvgIpc) is 3.29. The Kier molecular flexibility index (Phi) is 4.45. The number of amides is 2. The first-order valence-electron chi connectivity index (χ1n) is 7.64. The largest absolute Gasteiger partial charge is 0.480 e. The molecular formula is C16H16ClFN2O4. The van der Waals surface area contributed by atoms with Gasteiger partial charge in [-0.15, -0.1) is 0 Å². The zero-order chi connectivity index (χ0) is 17.4. The normalized spacial score (nSPS) is 20.3. The molecule has 3 rings (SSSR count). The summed E-state index contributed by atoms with van der Waals surface area (Å²) in [5.41, 5.74) is 0.341. The van der Waals surface area contributed by atoms with E-state index in [1.165, 1.54) is 21.9 Å². The second-order valence-electron chi connectivity index (χ2n) is 6.09. The van der Waals surface area contributed by atoms with E-state index < -0.39 is 17.7 Å². The van der Waals surface area contributed by atoms with E-state index in [0.29, 0.717) is 5.69 Å². The van der Waals surface area contributed by atoms with Gasteiger partial charge in [-0.05, 0) is 31.0 Å². The van der Waals surface area contributed by atoms with E-state index >= 15 is 0 Å². The lowest BCUT2D eigenvalue weighted by Gasteiger charge is -2.24. The van der Waals surface area contributed by atoms with E-state index in [4.69, 9.17) is 16.7 Å². The first-order chi connectivity index (χ1) is 11.4. The maximum atomic E-state index is 13.6. The van der Waals surface area contributed by atoms with Gasteiger partial charge in [0.05, 0.1) is 10.9 Å². The molecule has 1 aliphatic heterocycles. The van der Waals surface area contributed by atoms with Crippen LogP contribution in [-0.2, 0) is 14.4 Å². The number of hydrogen-bond acceptors (Lipinski definition) is 3. The standard InChI is InChI=1S/C16H16ClFN2O4/c17-12-4-3-11(6-13(12)18)19-7-9(5-14(19)21)16(24)20(8-15(22)23)10-1-2-10/h3-4,6,9-10H,1-2,5,7-8H2,(H,22,23). The zero-order valence-corrected chi connectivity index (χ0v) is 13.5. The number of carboxylic acids is 1. The van der Waals surface area contributed by atoms with Crippen molar-refractivity contribution in [3.8, 4) is 0 Å². The van der Waals surface area contributed by atoms with Crippen LogP contribution in [-0.4, -0.2) is 46.9 Å². The molecule has 1 aliphatic carbocycles. The fraction of sp³-hybridized carbons (Fsp3) is 0.438.